The lowest BCUT2D eigenvalue weighted by atomic mass is 10.1. The van der Waals surface area contributed by atoms with E-state index in [9.17, 15) is 8.42 Å². The molecule has 20 heavy (non-hydrogen) atoms. The number of nitrogens with one attached hydrogen (secondary N) is 1. The summed E-state index contributed by atoms with van der Waals surface area (Å²) in [7, 11) is -2.89. The molecule has 0 saturated carbocycles. The number of aryl methyl sites for hydroxylation is 2. The zero-order valence-corrected chi connectivity index (χ0v) is 14.0. The molecule has 0 radical (unpaired) electrons. The molecule has 0 aromatic carbocycles. The molecule has 1 aromatic rings. The summed E-state index contributed by atoms with van der Waals surface area (Å²) in [6.07, 6.45) is 2.98. The second-order valence-electron chi connectivity index (χ2n) is 5.47. The molecule has 116 valence electrons. The minimum absolute atomic E-state index is 0.213. The molecule has 1 heterocycles. The minimum Gasteiger partial charge on any atom is -0.310 e. The van der Waals surface area contributed by atoms with E-state index in [4.69, 9.17) is 0 Å². The molecule has 0 fully saturated rings. The summed E-state index contributed by atoms with van der Waals surface area (Å²) in [5, 5.41) is 8.02. The Morgan fingerprint density at radius 3 is 2.55 bits per heavy atom. The van der Waals surface area contributed by atoms with E-state index < -0.39 is 9.84 Å². The van der Waals surface area contributed by atoms with Crippen molar-refractivity contribution in [3.8, 4) is 0 Å². The van der Waals surface area contributed by atoms with Crippen molar-refractivity contribution in [1.29, 1.82) is 0 Å². The quantitative estimate of drug-likeness (QED) is 0.797. The molecule has 1 N–H and O–H groups in total. The third kappa shape index (κ3) is 4.90. The topological polar surface area (TPSA) is 64.0 Å². The lowest BCUT2D eigenvalue weighted by Crippen LogP contribution is -2.20. The van der Waals surface area contributed by atoms with Crippen molar-refractivity contribution in [1.82, 2.24) is 15.1 Å². The van der Waals surface area contributed by atoms with Gasteiger partial charge in [0.2, 0.25) is 0 Å². The zero-order chi connectivity index (χ0) is 15.3. The monoisotopic (exact) mass is 301 g/mol. The summed E-state index contributed by atoms with van der Waals surface area (Å²) in [6, 6.07) is 0.276. The maximum atomic E-state index is 11.2. The molecule has 1 aromatic heterocycles. The average molecular weight is 301 g/mol. The lowest BCUT2D eigenvalue weighted by Gasteiger charge is -2.14. The Labute approximate surface area is 122 Å². The van der Waals surface area contributed by atoms with Crippen LogP contribution < -0.4 is 5.32 Å². The van der Waals surface area contributed by atoms with Gasteiger partial charge >= 0.3 is 0 Å². The van der Waals surface area contributed by atoms with Crippen LogP contribution in [0.25, 0.3) is 0 Å². The Balaban J connectivity index is 2.75. The molecule has 0 saturated heterocycles. The maximum Gasteiger partial charge on any atom is 0.147 e. The van der Waals surface area contributed by atoms with Crippen LogP contribution in [0.4, 0.5) is 0 Å². The fraction of sp³-hybridized carbons (Fsp3) is 0.786. The highest BCUT2D eigenvalue weighted by Crippen LogP contribution is 2.21. The van der Waals surface area contributed by atoms with E-state index >= 15 is 0 Å². The zero-order valence-electron chi connectivity index (χ0n) is 13.2. The van der Waals surface area contributed by atoms with Crippen molar-refractivity contribution >= 4 is 9.84 Å². The molecule has 0 aliphatic heterocycles. The number of nitrogens with zero attached hydrogens (tertiary/aromatic N) is 2. The van der Waals surface area contributed by atoms with Gasteiger partial charge in [-0.15, -0.1) is 0 Å². The molecule has 1 rings (SSSR count). The largest absolute Gasteiger partial charge is 0.310 e. The van der Waals surface area contributed by atoms with E-state index in [-0.39, 0.29) is 11.8 Å². The Morgan fingerprint density at radius 1 is 1.35 bits per heavy atom. The third-order valence-corrected chi connectivity index (χ3v) is 4.49. The van der Waals surface area contributed by atoms with Gasteiger partial charge in [0.25, 0.3) is 0 Å². The molecule has 0 bridgehead atoms. The fourth-order valence-corrected chi connectivity index (χ4v) is 3.15. The van der Waals surface area contributed by atoms with Gasteiger partial charge in [0.05, 0.1) is 11.4 Å². The van der Waals surface area contributed by atoms with Crippen LogP contribution in [0.15, 0.2) is 0 Å². The van der Waals surface area contributed by atoms with Gasteiger partial charge in [0.1, 0.15) is 9.84 Å². The first kappa shape index (κ1) is 17.2. The van der Waals surface area contributed by atoms with Gasteiger partial charge in [0.15, 0.2) is 0 Å². The summed E-state index contributed by atoms with van der Waals surface area (Å²) in [6.45, 7) is 10.0. The van der Waals surface area contributed by atoms with Crippen LogP contribution in [0.5, 0.6) is 0 Å². The highest BCUT2D eigenvalue weighted by Gasteiger charge is 2.17. The van der Waals surface area contributed by atoms with Crippen LogP contribution in [0, 0.1) is 13.8 Å². The molecule has 0 aliphatic carbocycles. The van der Waals surface area contributed by atoms with Crippen molar-refractivity contribution in [2.24, 2.45) is 0 Å². The molecule has 6 heteroatoms. The van der Waals surface area contributed by atoms with E-state index in [0.717, 1.165) is 24.4 Å². The first-order valence-corrected chi connectivity index (χ1v) is 9.27. The fourth-order valence-electron chi connectivity index (χ4n) is 2.49. The summed E-state index contributed by atoms with van der Waals surface area (Å²) in [4.78, 5) is 0. The smallest absolute Gasteiger partial charge is 0.147 e. The highest BCUT2D eigenvalue weighted by molar-refractivity contribution is 7.90. The van der Waals surface area contributed by atoms with Gasteiger partial charge in [-0.3, -0.25) is 4.68 Å². The van der Waals surface area contributed by atoms with Crippen LogP contribution in [-0.2, 0) is 16.4 Å². The van der Waals surface area contributed by atoms with Gasteiger partial charge < -0.3 is 5.32 Å². The number of aromatic nitrogens is 2. The van der Waals surface area contributed by atoms with E-state index in [1.807, 2.05) is 11.6 Å². The first-order chi connectivity index (χ1) is 9.26. The van der Waals surface area contributed by atoms with Crippen molar-refractivity contribution in [2.45, 2.75) is 53.1 Å². The van der Waals surface area contributed by atoms with Gasteiger partial charge in [0, 0.05) is 30.1 Å². The van der Waals surface area contributed by atoms with E-state index in [2.05, 4.69) is 31.2 Å². The van der Waals surface area contributed by atoms with Crippen LogP contribution in [-0.4, -0.2) is 36.8 Å². The van der Waals surface area contributed by atoms with Gasteiger partial charge in [-0.2, -0.15) is 5.10 Å². The predicted molar refractivity (Wildman–Crippen MR) is 82.7 cm³/mol. The Bertz CT molecular complexity index is 535. The molecule has 0 aliphatic rings. The second kappa shape index (κ2) is 7.22. The van der Waals surface area contributed by atoms with Crippen LogP contribution >= 0.6 is 0 Å². The summed E-state index contributed by atoms with van der Waals surface area (Å²) in [5.41, 5.74) is 3.39. The third-order valence-electron chi connectivity index (χ3n) is 3.46. The Kier molecular flexibility index (Phi) is 6.20. The minimum atomic E-state index is -2.89. The SMILES string of the molecule is CCCNC(C)c1c(C)nn(CCCS(C)(=O)=O)c1C. The average Bonchev–Trinajstić information content (AvgIpc) is 2.60. The molecular formula is C14H27N3O2S. The van der Waals surface area contributed by atoms with Crippen molar-refractivity contribution in [3.63, 3.8) is 0 Å². The molecule has 1 unspecified atom stereocenters. The number of hydrogen-bond acceptors (Lipinski definition) is 4. The molecule has 1 atom stereocenters. The summed E-state index contributed by atoms with van der Waals surface area (Å²) < 4.78 is 24.3. The number of sulfone groups is 1. The van der Waals surface area contributed by atoms with E-state index in [1.54, 1.807) is 0 Å². The molecular weight excluding hydrogens is 274 g/mol. The number of rotatable bonds is 8. The van der Waals surface area contributed by atoms with Crippen molar-refractivity contribution in [2.75, 3.05) is 18.6 Å². The number of hydrogen-bond donors (Lipinski definition) is 1. The summed E-state index contributed by atoms with van der Waals surface area (Å²) >= 11 is 0. The Hall–Kier alpha value is -0.880. The molecule has 0 amide bonds. The first-order valence-electron chi connectivity index (χ1n) is 7.21. The maximum absolute atomic E-state index is 11.2. The van der Waals surface area contributed by atoms with Crippen molar-refractivity contribution < 1.29 is 8.42 Å². The van der Waals surface area contributed by atoms with E-state index in [1.165, 1.54) is 11.8 Å². The van der Waals surface area contributed by atoms with Crippen molar-refractivity contribution in [3.05, 3.63) is 17.0 Å². The van der Waals surface area contributed by atoms with Crippen LogP contribution in [0.3, 0.4) is 0 Å². The van der Waals surface area contributed by atoms with Gasteiger partial charge in [-0.1, -0.05) is 6.92 Å². The lowest BCUT2D eigenvalue weighted by molar-refractivity contribution is 0.554. The van der Waals surface area contributed by atoms with Gasteiger partial charge in [-0.25, -0.2) is 8.42 Å². The highest BCUT2D eigenvalue weighted by atomic mass is 32.2. The molecule has 5 nitrogen and oxygen atoms in total. The second-order valence-corrected chi connectivity index (χ2v) is 7.73. The molecule has 0 spiro atoms. The normalized spacial score (nSPS) is 13.7. The van der Waals surface area contributed by atoms with E-state index in [0.29, 0.717) is 13.0 Å². The predicted octanol–water partition coefficient (Wildman–Crippen LogP) is 2.00. The van der Waals surface area contributed by atoms with Gasteiger partial charge in [-0.05, 0) is 40.2 Å². The standard InChI is InChI=1S/C14H27N3O2S/c1-6-8-15-11(2)14-12(3)16-17(13(14)4)9-7-10-20(5,18)19/h11,15H,6-10H2,1-5H3. The van der Waals surface area contributed by atoms with Crippen LogP contribution in [0.2, 0.25) is 0 Å². The Morgan fingerprint density at radius 2 is 2.00 bits per heavy atom. The van der Waals surface area contributed by atoms with Crippen LogP contribution in [0.1, 0.15) is 49.7 Å². The summed E-state index contributed by atoms with van der Waals surface area (Å²) in [5.74, 6) is 0.213.